The number of thiazole rings is 1. The second kappa shape index (κ2) is 7.04. The second-order valence-corrected chi connectivity index (χ2v) is 6.92. The van der Waals surface area contributed by atoms with Gasteiger partial charge in [0.25, 0.3) is 0 Å². The van der Waals surface area contributed by atoms with Crippen molar-refractivity contribution in [2.75, 3.05) is 38.5 Å². The molecule has 1 aromatic rings. The van der Waals surface area contributed by atoms with E-state index < -0.39 is 0 Å². The summed E-state index contributed by atoms with van der Waals surface area (Å²) >= 11 is 1.58. The molecule has 1 aliphatic rings. The van der Waals surface area contributed by atoms with Crippen molar-refractivity contribution >= 4 is 22.5 Å². The number of urea groups is 1. The van der Waals surface area contributed by atoms with Crippen LogP contribution in [0.15, 0.2) is 6.20 Å². The van der Waals surface area contributed by atoms with Crippen LogP contribution in [0.3, 0.4) is 0 Å². The lowest BCUT2D eigenvalue weighted by Crippen LogP contribution is -2.37. The predicted octanol–water partition coefficient (Wildman–Crippen LogP) is 2.51. The highest BCUT2D eigenvalue weighted by Gasteiger charge is 2.18. The molecule has 0 unspecified atom stereocenters. The fraction of sp³-hybridized carbons (Fsp3) is 0.714. The second-order valence-electron chi connectivity index (χ2n) is 5.80. The number of nitrogens with one attached hydrogen (secondary N) is 1. The minimum Gasteiger partial charge on any atom is -0.323 e. The molecule has 1 aromatic heterocycles. The summed E-state index contributed by atoms with van der Waals surface area (Å²) < 4.78 is 0. The number of carbonyl (C=O) groups is 1. The van der Waals surface area contributed by atoms with E-state index in [0.29, 0.717) is 11.0 Å². The Morgan fingerprint density at radius 1 is 1.40 bits per heavy atom. The van der Waals surface area contributed by atoms with Crippen molar-refractivity contribution in [3.63, 3.8) is 0 Å². The molecule has 1 aliphatic heterocycles. The summed E-state index contributed by atoms with van der Waals surface area (Å²) in [5.41, 5.74) is 0. The van der Waals surface area contributed by atoms with E-state index >= 15 is 0 Å². The summed E-state index contributed by atoms with van der Waals surface area (Å²) in [6.45, 7) is 7.97. The molecule has 1 N–H and O–H groups in total. The number of nitrogens with zero attached hydrogens (tertiary/aromatic N) is 3. The van der Waals surface area contributed by atoms with Crippen molar-refractivity contribution in [3.05, 3.63) is 11.1 Å². The summed E-state index contributed by atoms with van der Waals surface area (Å²) in [6, 6.07) is -0.0225. The van der Waals surface area contributed by atoms with Gasteiger partial charge in [-0.1, -0.05) is 13.8 Å². The Labute approximate surface area is 125 Å². The summed E-state index contributed by atoms with van der Waals surface area (Å²) in [6.07, 6.45) is 3.92. The number of likely N-dealkylation sites (N-methyl/N-ethyl adjacent to an activating group) is 1. The number of anilines is 1. The first-order valence-electron chi connectivity index (χ1n) is 7.24. The molecule has 0 radical (unpaired) electrons. The van der Waals surface area contributed by atoms with E-state index in [-0.39, 0.29) is 6.03 Å². The minimum absolute atomic E-state index is 0.0225. The van der Waals surface area contributed by atoms with E-state index in [4.69, 9.17) is 0 Å². The third-order valence-corrected chi connectivity index (χ3v) is 4.32. The van der Waals surface area contributed by atoms with Gasteiger partial charge in [-0.05, 0) is 32.4 Å². The first-order valence-corrected chi connectivity index (χ1v) is 8.05. The van der Waals surface area contributed by atoms with Crippen LogP contribution in [0.2, 0.25) is 0 Å². The molecule has 5 nitrogen and oxygen atoms in total. The van der Waals surface area contributed by atoms with Crippen LogP contribution in [0, 0.1) is 5.92 Å². The highest BCUT2D eigenvalue weighted by Crippen LogP contribution is 2.21. The van der Waals surface area contributed by atoms with Crippen LogP contribution in [0.5, 0.6) is 0 Å². The van der Waals surface area contributed by atoms with Crippen molar-refractivity contribution in [2.24, 2.45) is 5.92 Å². The number of carbonyl (C=O) groups excluding carboxylic acids is 1. The highest BCUT2D eigenvalue weighted by atomic mass is 32.1. The average Bonchev–Trinajstić information content (AvgIpc) is 2.67. The fourth-order valence-electron chi connectivity index (χ4n) is 2.28. The fourth-order valence-corrected chi connectivity index (χ4v) is 3.30. The van der Waals surface area contributed by atoms with Gasteiger partial charge in [0.2, 0.25) is 0 Å². The molecule has 2 heterocycles. The van der Waals surface area contributed by atoms with Gasteiger partial charge in [0.15, 0.2) is 5.13 Å². The smallest absolute Gasteiger partial charge is 0.323 e. The highest BCUT2D eigenvalue weighted by molar-refractivity contribution is 7.15. The summed E-state index contributed by atoms with van der Waals surface area (Å²) in [4.78, 5) is 21.9. The molecular weight excluding hydrogens is 272 g/mol. The molecule has 0 bridgehead atoms. The Bertz CT molecular complexity index is 446. The maximum atomic E-state index is 12.2. The van der Waals surface area contributed by atoms with Gasteiger partial charge in [-0.25, -0.2) is 9.78 Å². The number of rotatable bonds is 3. The quantitative estimate of drug-likeness (QED) is 0.932. The Kier molecular flexibility index (Phi) is 5.37. The zero-order valence-corrected chi connectivity index (χ0v) is 13.4. The molecule has 2 amide bonds. The molecule has 0 saturated carbocycles. The van der Waals surface area contributed by atoms with E-state index in [1.165, 1.54) is 4.88 Å². The lowest BCUT2D eigenvalue weighted by Gasteiger charge is -2.20. The maximum Gasteiger partial charge on any atom is 0.323 e. The number of hydrogen-bond donors (Lipinski definition) is 1. The van der Waals surface area contributed by atoms with Crippen LogP contribution in [0.1, 0.15) is 25.1 Å². The molecule has 20 heavy (non-hydrogen) atoms. The van der Waals surface area contributed by atoms with Crippen molar-refractivity contribution in [1.29, 1.82) is 0 Å². The molecule has 1 saturated heterocycles. The molecule has 0 aliphatic carbocycles. The largest absolute Gasteiger partial charge is 0.323 e. The summed E-state index contributed by atoms with van der Waals surface area (Å²) in [7, 11) is 2.10. The zero-order chi connectivity index (χ0) is 14.5. The van der Waals surface area contributed by atoms with Crippen LogP contribution in [0.4, 0.5) is 9.93 Å². The van der Waals surface area contributed by atoms with E-state index in [9.17, 15) is 4.79 Å². The van der Waals surface area contributed by atoms with Crippen molar-refractivity contribution in [2.45, 2.75) is 26.7 Å². The van der Waals surface area contributed by atoms with E-state index in [0.717, 1.165) is 39.0 Å². The van der Waals surface area contributed by atoms with Crippen LogP contribution < -0.4 is 5.32 Å². The first-order chi connectivity index (χ1) is 9.54. The Hall–Kier alpha value is -1.14. The number of hydrogen-bond acceptors (Lipinski definition) is 4. The molecule has 0 spiro atoms. The molecular formula is C14H24N4OS. The van der Waals surface area contributed by atoms with Gasteiger partial charge in [-0.15, -0.1) is 11.3 Å². The van der Waals surface area contributed by atoms with Gasteiger partial charge in [-0.2, -0.15) is 0 Å². The van der Waals surface area contributed by atoms with Gasteiger partial charge in [-0.3, -0.25) is 5.32 Å². The summed E-state index contributed by atoms with van der Waals surface area (Å²) in [5, 5.41) is 3.64. The molecule has 2 rings (SSSR count). The van der Waals surface area contributed by atoms with Crippen LogP contribution >= 0.6 is 11.3 Å². The van der Waals surface area contributed by atoms with E-state index in [2.05, 4.69) is 36.1 Å². The Morgan fingerprint density at radius 2 is 2.20 bits per heavy atom. The number of aromatic nitrogens is 1. The number of amides is 2. The third-order valence-electron chi connectivity index (χ3n) is 3.38. The Balaban J connectivity index is 1.88. The van der Waals surface area contributed by atoms with Crippen molar-refractivity contribution < 1.29 is 4.79 Å². The molecule has 1 fully saturated rings. The topological polar surface area (TPSA) is 48.5 Å². The van der Waals surface area contributed by atoms with Crippen LogP contribution in [-0.4, -0.2) is 54.0 Å². The van der Waals surface area contributed by atoms with Crippen LogP contribution in [-0.2, 0) is 6.42 Å². The normalized spacial score (nSPS) is 17.3. The SMILES string of the molecule is CC(C)Cc1cnc(NC(=O)N2CCCN(C)CC2)s1. The van der Waals surface area contributed by atoms with Gasteiger partial charge >= 0.3 is 6.03 Å². The van der Waals surface area contributed by atoms with Gasteiger partial charge < -0.3 is 9.80 Å². The van der Waals surface area contributed by atoms with E-state index in [1.54, 1.807) is 11.3 Å². The van der Waals surface area contributed by atoms with Gasteiger partial charge in [0.1, 0.15) is 0 Å². The average molecular weight is 296 g/mol. The lowest BCUT2D eigenvalue weighted by atomic mass is 10.1. The monoisotopic (exact) mass is 296 g/mol. The van der Waals surface area contributed by atoms with Gasteiger partial charge in [0, 0.05) is 30.7 Å². The standard InChI is InChI=1S/C14H24N4OS/c1-11(2)9-12-10-15-13(20-12)16-14(19)18-6-4-5-17(3)7-8-18/h10-11H,4-9H2,1-3H3,(H,15,16,19). The third kappa shape index (κ3) is 4.45. The predicted molar refractivity (Wildman–Crippen MR) is 83.4 cm³/mol. The molecule has 0 aromatic carbocycles. The first kappa shape index (κ1) is 15.3. The minimum atomic E-state index is -0.0225. The van der Waals surface area contributed by atoms with Crippen LogP contribution in [0.25, 0.3) is 0 Å². The van der Waals surface area contributed by atoms with Crippen molar-refractivity contribution in [3.8, 4) is 0 Å². The molecule has 112 valence electrons. The molecule has 6 heteroatoms. The van der Waals surface area contributed by atoms with Gasteiger partial charge in [0.05, 0.1) is 0 Å². The van der Waals surface area contributed by atoms with E-state index in [1.807, 2.05) is 11.1 Å². The molecule has 0 atom stereocenters. The maximum absolute atomic E-state index is 12.2. The van der Waals surface area contributed by atoms with Crippen molar-refractivity contribution in [1.82, 2.24) is 14.8 Å². The summed E-state index contributed by atoms with van der Waals surface area (Å²) in [5.74, 6) is 0.611. The Morgan fingerprint density at radius 3 is 2.95 bits per heavy atom. The lowest BCUT2D eigenvalue weighted by molar-refractivity contribution is 0.213. The zero-order valence-electron chi connectivity index (χ0n) is 12.6.